The number of thiophene rings is 1. The normalized spacial score (nSPS) is 16.7. The zero-order valence-electron chi connectivity index (χ0n) is 15.2. The SMILES string of the molecule is CC(C)CCC(=O)NC1Cc2cccc(N)c2N(Cc2ccsc2)C1=O. The van der Waals surface area contributed by atoms with Crippen LogP contribution in [0.4, 0.5) is 11.4 Å². The van der Waals surface area contributed by atoms with Crippen molar-refractivity contribution in [3.05, 3.63) is 46.2 Å². The molecule has 0 bridgehead atoms. The van der Waals surface area contributed by atoms with Crippen LogP contribution in [-0.4, -0.2) is 17.9 Å². The summed E-state index contributed by atoms with van der Waals surface area (Å²) in [5, 5.41) is 6.94. The van der Waals surface area contributed by atoms with Crippen molar-refractivity contribution in [2.24, 2.45) is 5.92 Å². The first kappa shape index (κ1) is 18.5. The third-order valence-electron chi connectivity index (χ3n) is 4.61. The Morgan fingerprint density at radius 2 is 2.19 bits per heavy atom. The number of para-hydroxylation sites is 1. The molecule has 0 fully saturated rings. The highest BCUT2D eigenvalue weighted by Gasteiger charge is 2.34. The van der Waals surface area contributed by atoms with Crippen LogP contribution in [0.3, 0.4) is 0 Å². The van der Waals surface area contributed by atoms with Gasteiger partial charge in [0.1, 0.15) is 6.04 Å². The van der Waals surface area contributed by atoms with Crippen LogP contribution in [-0.2, 0) is 22.6 Å². The highest BCUT2D eigenvalue weighted by atomic mass is 32.1. The minimum atomic E-state index is -0.539. The smallest absolute Gasteiger partial charge is 0.250 e. The molecular formula is C20H25N3O2S. The summed E-state index contributed by atoms with van der Waals surface area (Å²) < 4.78 is 0. The molecule has 2 aromatic rings. The van der Waals surface area contributed by atoms with Crippen molar-refractivity contribution >= 4 is 34.5 Å². The molecule has 0 spiro atoms. The summed E-state index contributed by atoms with van der Waals surface area (Å²) in [6.45, 7) is 4.63. The van der Waals surface area contributed by atoms with Crippen molar-refractivity contribution in [2.45, 2.75) is 45.7 Å². The van der Waals surface area contributed by atoms with E-state index in [0.29, 0.717) is 31.0 Å². The van der Waals surface area contributed by atoms with Crippen molar-refractivity contribution < 1.29 is 9.59 Å². The van der Waals surface area contributed by atoms with E-state index in [1.165, 1.54) is 0 Å². The van der Waals surface area contributed by atoms with Gasteiger partial charge in [0.15, 0.2) is 0 Å². The van der Waals surface area contributed by atoms with Gasteiger partial charge in [-0.1, -0.05) is 26.0 Å². The second-order valence-electron chi connectivity index (χ2n) is 7.17. The maximum absolute atomic E-state index is 13.1. The van der Waals surface area contributed by atoms with Crippen molar-refractivity contribution in [1.29, 1.82) is 0 Å². The van der Waals surface area contributed by atoms with E-state index in [9.17, 15) is 9.59 Å². The lowest BCUT2D eigenvalue weighted by atomic mass is 9.95. The van der Waals surface area contributed by atoms with Gasteiger partial charge in [-0.15, -0.1) is 0 Å². The molecule has 6 heteroatoms. The van der Waals surface area contributed by atoms with Gasteiger partial charge in [-0.3, -0.25) is 9.59 Å². The van der Waals surface area contributed by atoms with Crippen molar-refractivity contribution in [3.63, 3.8) is 0 Å². The lowest BCUT2D eigenvalue weighted by Crippen LogP contribution is -2.52. The number of carbonyl (C=O) groups excluding carboxylic acids is 2. The molecule has 0 aliphatic carbocycles. The predicted molar refractivity (Wildman–Crippen MR) is 106 cm³/mol. The molecule has 0 radical (unpaired) electrons. The number of nitrogens with zero attached hydrogens (tertiary/aromatic N) is 1. The molecule has 1 unspecified atom stereocenters. The highest BCUT2D eigenvalue weighted by Crippen LogP contribution is 2.34. The molecule has 1 aliphatic rings. The lowest BCUT2D eigenvalue weighted by molar-refractivity contribution is -0.128. The molecule has 5 nitrogen and oxygen atoms in total. The van der Waals surface area contributed by atoms with Gasteiger partial charge in [-0.2, -0.15) is 11.3 Å². The van der Waals surface area contributed by atoms with Gasteiger partial charge >= 0.3 is 0 Å². The molecule has 138 valence electrons. The number of nitrogen functional groups attached to an aromatic ring is 1. The van der Waals surface area contributed by atoms with Gasteiger partial charge < -0.3 is 16.0 Å². The summed E-state index contributed by atoms with van der Waals surface area (Å²) in [6, 6.07) is 7.15. The van der Waals surface area contributed by atoms with Crippen LogP contribution < -0.4 is 16.0 Å². The van der Waals surface area contributed by atoms with Crippen molar-refractivity contribution in [3.8, 4) is 0 Å². The summed E-state index contributed by atoms with van der Waals surface area (Å²) in [5.41, 5.74) is 9.59. The largest absolute Gasteiger partial charge is 0.397 e. The van der Waals surface area contributed by atoms with E-state index in [2.05, 4.69) is 19.2 Å². The number of hydrogen-bond acceptors (Lipinski definition) is 4. The number of amides is 2. The summed E-state index contributed by atoms with van der Waals surface area (Å²) in [7, 11) is 0. The summed E-state index contributed by atoms with van der Waals surface area (Å²) >= 11 is 1.60. The van der Waals surface area contributed by atoms with E-state index in [0.717, 1.165) is 23.2 Å². The second kappa shape index (κ2) is 7.91. The Labute approximate surface area is 158 Å². The second-order valence-corrected chi connectivity index (χ2v) is 7.95. The van der Waals surface area contributed by atoms with E-state index >= 15 is 0 Å². The molecular weight excluding hydrogens is 346 g/mol. The Morgan fingerprint density at radius 1 is 1.38 bits per heavy atom. The highest BCUT2D eigenvalue weighted by molar-refractivity contribution is 7.07. The Balaban J connectivity index is 1.83. The number of fused-ring (bicyclic) bond motifs is 1. The van der Waals surface area contributed by atoms with E-state index in [-0.39, 0.29) is 11.8 Å². The number of rotatable bonds is 6. The van der Waals surface area contributed by atoms with Gasteiger partial charge in [0.2, 0.25) is 11.8 Å². The number of hydrogen-bond donors (Lipinski definition) is 2. The van der Waals surface area contributed by atoms with Crippen LogP contribution in [0.2, 0.25) is 0 Å². The van der Waals surface area contributed by atoms with Crippen LogP contribution in [0, 0.1) is 5.92 Å². The van der Waals surface area contributed by atoms with Crippen LogP contribution in [0.1, 0.15) is 37.8 Å². The third kappa shape index (κ3) is 4.07. The minimum Gasteiger partial charge on any atom is -0.397 e. The maximum Gasteiger partial charge on any atom is 0.250 e. The van der Waals surface area contributed by atoms with E-state index < -0.39 is 6.04 Å². The van der Waals surface area contributed by atoms with Crippen molar-refractivity contribution in [1.82, 2.24) is 5.32 Å². The zero-order valence-corrected chi connectivity index (χ0v) is 16.0. The lowest BCUT2D eigenvalue weighted by Gasteiger charge is -2.35. The fourth-order valence-electron chi connectivity index (χ4n) is 3.23. The van der Waals surface area contributed by atoms with Crippen LogP contribution in [0.5, 0.6) is 0 Å². The average molecular weight is 372 g/mol. The van der Waals surface area contributed by atoms with Crippen LogP contribution in [0.15, 0.2) is 35.0 Å². The first-order valence-electron chi connectivity index (χ1n) is 8.95. The Bertz CT molecular complexity index is 786. The Kier molecular flexibility index (Phi) is 5.61. The first-order chi connectivity index (χ1) is 12.5. The molecule has 1 atom stereocenters. The number of nitrogens with two attached hydrogens (primary N) is 1. The molecule has 0 saturated carbocycles. The van der Waals surface area contributed by atoms with Crippen LogP contribution in [0.25, 0.3) is 0 Å². The predicted octanol–water partition coefficient (Wildman–Crippen LogP) is 3.34. The summed E-state index contributed by atoms with van der Waals surface area (Å²) in [4.78, 5) is 27.1. The van der Waals surface area contributed by atoms with Gasteiger partial charge in [0.05, 0.1) is 17.9 Å². The molecule has 1 aromatic heterocycles. The van der Waals surface area contributed by atoms with Gasteiger partial charge in [0.25, 0.3) is 0 Å². The molecule has 26 heavy (non-hydrogen) atoms. The molecule has 1 aromatic carbocycles. The fraction of sp³-hybridized carbons (Fsp3) is 0.400. The van der Waals surface area contributed by atoms with E-state index in [1.54, 1.807) is 16.2 Å². The Morgan fingerprint density at radius 3 is 2.88 bits per heavy atom. The third-order valence-corrected chi connectivity index (χ3v) is 5.35. The molecule has 3 rings (SSSR count). The van der Waals surface area contributed by atoms with Crippen molar-refractivity contribution in [2.75, 3.05) is 10.6 Å². The molecule has 2 heterocycles. The number of anilines is 2. The van der Waals surface area contributed by atoms with E-state index in [4.69, 9.17) is 5.73 Å². The molecule has 0 saturated heterocycles. The van der Waals surface area contributed by atoms with Gasteiger partial charge in [-0.05, 0) is 46.4 Å². The van der Waals surface area contributed by atoms with Gasteiger partial charge in [-0.25, -0.2) is 0 Å². The number of nitrogens with one attached hydrogen (secondary N) is 1. The summed E-state index contributed by atoms with van der Waals surface area (Å²) in [6.07, 6.45) is 1.73. The first-order valence-corrected chi connectivity index (χ1v) is 9.89. The number of benzene rings is 1. The molecule has 1 aliphatic heterocycles. The van der Waals surface area contributed by atoms with E-state index in [1.807, 2.05) is 35.0 Å². The topological polar surface area (TPSA) is 75.4 Å². The molecule has 3 N–H and O–H groups in total. The number of carbonyl (C=O) groups is 2. The zero-order chi connectivity index (χ0) is 18.7. The molecule has 2 amide bonds. The minimum absolute atomic E-state index is 0.0695. The average Bonchev–Trinajstić information content (AvgIpc) is 3.10. The van der Waals surface area contributed by atoms with Crippen LogP contribution >= 0.6 is 11.3 Å². The quantitative estimate of drug-likeness (QED) is 0.765. The summed E-state index contributed by atoms with van der Waals surface area (Å²) in [5.74, 6) is 0.290. The Hall–Kier alpha value is -2.34. The fourth-order valence-corrected chi connectivity index (χ4v) is 3.89. The standard InChI is InChI=1S/C20H25N3O2S/c1-13(2)6-7-18(24)22-17-10-15-4-3-5-16(21)19(15)23(20(17)25)11-14-8-9-26-12-14/h3-5,8-9,12-13,17H,6-7,10-11,21H2,1-2H3,(H,22,24). The monoisotopic (exact) mass is 371 g/mol. The van der Waals surface area contributed by atoms with Gasteiger partial charge in [0, 0.05) is 12.8 Å². The maximum atomic E-state index is 13.1.